The molecular formula is C15H20N4O. The number of benzene rings is 1. The van der Waals surface area contributed by atoms with Gasteiger partial charge in [-0.25, -0.2) is 9.97 Å². The van der Waals surface area contributed by atoms with Gasteiger partial charge < -0.3 is 15.7 Å². The lowest BCUT2D eigenvalue weighted by Crippen LogP contribution is -2.09. The van der Waals surface area contributed by atoms with E-state index in [1.165, 1.54) is 5.56 Å². The van der Waals surface area contributed by atoms with Crippen LogP contribution in [0.4, 0.5) is 11.6 Å². The van der Waals surface area contributed by atoms with Crippen LogP contribution in [0.3, 0.4) is 0 Å². The lowest BCUT2D eigenvalue weighted by atomic mass is 10.1. The predicted molar refractivity (Wildman–Crippen MR) is 81.2 cm³/mol. The molecule has 2 rings (SSSR count). The topological polar surface area (TPSA) is 70.1 Å². The third kappa shape index (κ3) is 4.12. The van der Waals surface area contributed by atoms with E-state index in [0.717, 1.165) is 37.0 Å². The van der Waals surface area contributed by atoms with Crippen molar-refractivity contribution in [3.63, 3.8) is 0 Å². The van der Waals surface area contributed by atoms with Gasteiger partial charge in [-0.15, -0.1) is 0 Å². The van der Waals surface area contributed by atoms with Crippen LogP contribution in [0.15, 0.2) is 30.3 Å². The Morgan fingerprint density at radius 2 is 1.70 bits per heavy atom. The summed E-state index contributed by atoms with van der Waals surface area (Å²) in [6.45, 7) is 5.54. The van der Waals surface area contributed by atoms with E-state index in [4.69, 9.17) is 0 Å². The third-order valence-electron chi connectivity index (χ3n) is 2.85. The fourth-order valence-electron chi connectivity index (χ4n) is 1.93. The molecule has 20 heavy (non-hydrogen) atoms. The average Bonchev–Trinajstić information content (AvgIpc) is 2.41. The minimum atomic E-state index is 0.295. The van der Waals surface area contributed by atoms with Crippen LogP contribution >= 0.6 is 0 Å². The van der Waals surface area contributed by atoms with E-state index < -0.39 is 0 Å². The Morgan fingerprint density at radius 3 is 2.35 bits per heavy atom. The molecular weight excluding hydrogens is 252 g/mol. The van der Waals surface area contributed by atoms with E-state index in [2.05, 4.69) is 20.6 Å². The van der Waals surface area contributed by atoms with Crippen molar-refractivity contribution < 1.29 is 5.11 Å². The van der Waals surface area contributed by atoms with Gasteiger partial charge in [0, 0.05) is 19.2 Å². The Hall–Kier alpha value is -2.30. The molecule has 1 aromatic heterocycles. The molecule has 0 saturated carbocycles. The summed E-state index contributed by atoms with van der Waals surface area (Å²) in [4.78, 5) is 8.67. The zero-order chi connectivity index (χ0) is 14.4. The normalized spacial score (nSPS) is 10.3. The summed E-state index contributed by atoms with van der Waals surface area (Å²) in [5.41, 5.74) is 1.17. The monoisotopic (exact) mass is 272 g/mol. The van der Waals surface area contributed by atoms with Gasteiger partial charge in [-0.1, -0.05) is 12.1 Å². The van der Waals surface area contributed by atoms with Crippen LogP contribution in [-0.4, -0.2) is 28.2 Å². The van der Waals surface area contributed by atoms with E-state index in [1.54, 1.807) is 12.1 Å². The molecule has 0 aliphatic carbocycles. The van der Waals surface area contributed by atoms with Crippen LogP contribution < -0.4 is 10.6 Å². The van der Waals surface area contributed by atoms with Gasteiger partial charge >= 0.3 is 0 Å². The maximum absolute atomic E-state index is 9.23. The van der Waals surface area contributed by atoms with Gasteiger partial charge in [-0.05, 0) is 38.0 Å². The number of nitrogens with zero attached hydrogens (tertiary/aromatic N) is 2. The third-order valence-corrected chi connectivity index (χ3v) is 2.85. The highest BCUT2D eigenvalue weighted by atomic mass is 16.3. The Bertz CT molecular complexity index is 554. The lowest BCUT2D eigenvalue weighted by molar-refractivity contribution is 0.475. The van der Waals surface area contributed by atoms with Crippen LogP contribution in [0.1, 0.15) is 18.3 Å². The summed E-state index contributed by atoms with van der Waals surface area (Å²) in [5, 5.41) is 15.7. The summed E-state index contributed by atoms with van der Waals surface area (Å²) in [7, 11) is 0. The summed E-state index contributed by atoms with van der Waals surface area (Å²) in [5.74, 6) is 2.71. The first-order valence-electron chi connectivity index (χ1n) is 6.78. The zero-order valence-corrected chi connectivity index (χ0v) is 11.8. The number of aromatic nitrogens is 2. The van der Waals surface area contributed by atoms with Gasteiger partial charge in [-0.2, -0.15) is 0 Å². The molecule has 0 radical (unpaired) electrons. The molecule has 3 N–H and O–H groups in total. The largest absolute Gasteiger partial charge is 0.508 e. The van der Waals surface area contributed by atoms with Gasteiger partial charge in [0.25, 0.3) is 0 Å². The smallest absolute Gasteiger partial charge is 0.131 e. The first-order valence-corrected chi connectivity index (χ1v) is 6.78. The van der Waals surface area contributed by atoms with Crippen molar-refractivity contribution in [3.05, 3.63) is 41.7 Å². The number of nitrogens with one attached hydrogen (secondary N) is 2. The maximum atomic E-state index is 9.23. The molecule has 0 spiro atoms. The molecule has 0 atom stereocenters. The molecule has 0 bridgehead atoms. The number of hydrogen-bond donors (Lipinski definition) is 3. The second kappa shape index (κ2) is 6.75. The van der Waals surface area contributed by atoms with E-state index in [-0.39, 0.29) is 0 Å². The molecule has 1 heterocycles. The Balaban J connectivity index is 1.91. The van der Waals surface area contributed by atoms with Crippen molar-refractivity contribution in [1.29, 1.82) is 0 Å². The molecule has 0 amide bonds. The van der Waals surface area contributed by atoms with Crippen LogP contribution in [-0.2, 0) is 6.42 Å². The number of anilines is 2. The van der Waals surface area contributed by atoms with Gasteiger partial charge in [0.1, 0.15) is 23.2 Å². The van der Waals surface area contributed by atoms with Crippen molar-refractivity contribution in [3.8, 4) is 5.75 Å². The number of phenols is 1. The second-order valence-electron chi connectivity index (χ2n) is 4.56. The number of phenolic OH excluding ortho intramolecular Hbond substituents is 1. The molecule has 0 aliphatic rings. The fourth-order valence-corrected chi connectivity index (χ4v) is 1.93. The van der Waals surface area contributed by atoms with E-state index in [9.17, 15) is 5.11 Å². The molecule has 106 valence electrons. The lowest BCUT2D eigenvalue weighted by Gasteiger charge is -2.09. The van der Waals surface area contributed by atoms with Crippen molar-refractivity contribution in [2.75, 3.05) is 23.7 Å². The summed E-state index contributed by atoms with van der Waals surface area (Å²) in [6.07, 6.45) is 0.875. The van der Waals surface area contributed by atoms with Crippen LogP contribution in [0, 0.1) is 6.92 Å². The molecule has 0 aliphatic heterocycles. The molecule has 0 unspecified atom stereocenters. The molecule has 1 aromatic carbocycles. The van der Waals surface area contributed by atoms with E-state index in [1.807, 2.05) is 32.0 Å². The number of hydrogen-bond acceptors (Lipinski definition) is 5. The summed E-state index contributed by atoms with van der Waals surface area (Å²) < 4.78 is 0. The minimum Gasteiger partial charge on any atom is -0.508 e. The van der Waals surface area contributed by atoms with Crippen molar-refractivity contribution >= 4 is 11.6 Å². The van der Waals surface area contributed by atoms with Gasteiger partial charge in [0.2, 0.25) is 0 Å². The summed E-state index contributed by atoms with van der Waals surface area (Å²) in [6, 6.07) is 9.16. The Labute approximate surface area is 119 Å². The first kappa shape index (κ1) is 14.1. The maximum Gasteiger partial charge on any atom is 0.131 e. The van der Waals surface area contributed by atoms with Crippen LogP contribution in [0.25, 0.3) is 0 Å². The van der Waals surface area contributed by atoms with Gasteiger partial charge in [-0.3, -0.25) is 0 Å². The van der Waals surface area contributed by atoms with Crippen LogP contribution in [0.2, 0.25) is 0 Å². The summed E-state index contributed by atoms with van der Waals surface area (Å²) >= 11 is 0. The highest BCUT2D eigenvalue weighted by Crippen LogP contribution is 2.12. The fraction of sp³-hybridized carbons (Fsp3) is 0.333. The van der Waals surface area contributed by atoms with Crippen molar-refractivity contribution in [2.24, 2.45) is 0 Å². The van der Waals surface area contributed by atoms with Gasteiger partial charge in [0.05, 0.1) is 0 Å². The van der Waals surface area contributed by atoms with Crippen molar-refractivity contribution in [1.82, 2.24) is 9.97 Å². The zero-order valence-electron chi connectivity index (χ0n) is 11.8. The SMILES string of the molecule is CCNc1cc(NCCc2ccc(O)cc2)nc(C)n1. The molecule has 0 fully saturated rings. The van der Waals surface area contributed by atoms with Crippen molar-refractivity contribution in [2.45, 2.75) is 20.3 Å². The van der Waals surface area contributed by atoms with Gasteiger partial charge in [0.15, 0.2) is 0 Å². The molecule has 2 aromatic rings. The standard InChI is InChI=1S/C15H20N4O/c1-3-16-14-10-15(19-11(2)18-14)17-9-8-12-4-6-13(20)7-5-12/h4-7,10,20H,3,8-9H2,1-2H3,(H2,16,17,18,19). The Morgan fingerprint density at radius 1 is 1.05 bits per heavy atom. The highest BCUT2D eigenvalue weighted by molar-refractivity contribution is 5.47. The highest BCUT2D eigenvalue weighted by Gasteiger charge is 2.01. The number of aromatic hydroxyl groups is 1. The predicted octanol–water partition coefficient (Wildman–Crippen LogP) is 2.58. The Kier molecular flexibility index (Phi) is 4.76. The molecule has 5 heteroatoms. The minimum absolute atomic E-state index is 0.295. The van der Waals surface area contributed by atoms with E-state index in [0.29, 0.717) is 5.75 Å². The number of rotatable bonds is 6. The second-order valence-corrected chi connectivity index (χ2v) is 4.56. The quantitative estimate of drug-likeness (QED) is 0.754. The average molecular weight is 272 g/mol. The van der Waals surface area contributed by atoms with E-state index >= 15 is 0 Å². The molecule has 0 saturated heterocycles. The first-order chi connectivity index (χ1) is 9.67. The number of aryl methyl sites for hydroxylation is 1. The van der Waals surface area contributed by atoms with Crippen LogP contribution in [0.5, 0.6) is 5.75 Å². The molecule has 5 nitrogen and oxygen atoms in total.